The van der Waals surface area contributed by atoms with Crippen molar-refractivity contribution in [1.82, 2.24) is 0 Å². The Morgan fingerprint density at radius 3 is 2.26 bits per heavy atom. The Kier molecular flexibility index (Phi) is 4.98. The zero-order chi connectivity index (χ0) is 14.0. The van der Waals surface area contributed by atoms with Crippen molar-refractivity contribution in [3.63, 3.8) is 0 Å². The van der Waals surface area contributed by atoms with E-state index in [4.69, 9.17) is 0 Å². The Hall–Kier alpha value is -0.450. The molecular weight excluding hydrogens is 436 g/mol. The monoisotopic (exact) mass is 444 g/mol. The van der Waals surface area contributed by atoms with E-state index in [-0.39, 0.29) is 5.78 Å². The lowest BCUT2D eigenvalue weighted by atomic mass is 10.0. The van der Waals surface area contributed by atoms with E-state index in [0.717, 1.165) is 24.5 Å². The van der Waals surface area contributed by atoms with E-state index in [9.17, 15) is 4.79 Å². The average molecular weight is 447 g/mol. The van der Waals surface area contributed by atoms with Gasteiger partial charge in [0, 0.05) is 25.4 Å². The molecule has 0 unspecified atom stereocenters. The molecule has 98 valence electrons. The number of carbonyl (C=O) groups excluding carboxylic acids is 1. The van der Waals surface area contributed by atoms with Gasteiger partial charge in [0.15, 0.2) is 5.78 Å². The van der Waals surface area contributed by atoms with E-state index in [1.54, 1.807) is 0 Å². The SMILES string of the molecule is Cc1cc(Br)c(C(=O)Cc2ccc(Br)cc2)cc1Br. The molecule has 0 saturated carbocycles. The summed E-state index contributed by atoms with van der Waals surface area (Å²) in [7, 11) is 0. The summed E-state index contributed by atoms with van der Waals surface area (Å²) in [6, 6.07) is 11.6. The van der Waals surface area contributed by atoms with Gasteiger partial charge in [-0.2, -0.15) is 0 Å². The highest BCUT2D eigenvalue weighted by molar-refractivity contribution is 9.11. The van der Waals surface area contributed by atoms with Crippen LogP contribution in [-0.4, -0.2) is 5.78 Å². The highest BCUT2D eigenvalue weighted by atomic mass is 79.9. The molecule has 0 aliphatic heterocycles. The summed E-state index contributed by atoms with van der Waals surface area (Å²) in [5.74, 6) is 0.106. The van der Waals surface area contributed by atoms with E-state index in [1.807, 2.05) is 43.3 Å². The number of carbonyl (C=O) groups is 1. The number of Topliss-reactive ketones (excluding diaryl/α,β-unsaturated/α-hetero) is 1. The molecule has 0 spiro atoms. The van der Waals surface area contributed by atoms with Crippen LogP contribution in [0.15, 0.2) is 49.8 Å². The van der Waals surface area contributed by atoms with Crippen LogP contribution in [0.1, 0.15) is 21.5 Å². The number of halogens is 3. The van der Waals surface area contributed by atoms with Gasteiger partial charge in [-0.05, 0) is 42.3 Å². The fourth-order valence-corrected chi connectivity index (χ4v) is 3.03. The van der Waals surface area contributed by atoms with Gasteiger partial charge in [-0.15, -0.1) is 0 Å². The van der Waals surface area contributed by atoms with Crippen molar-refractivity contribution in [2.24, 2.45) is 0 Å². The third-order valence-corrected chi connectivity index (χ3v) is 4.87. The minimum absolute atomic E-state index is 0.106. The lowest BCUT2D eigenvalue weighted by molar-refractivity contribution is 0.0992. The maximum Gasteiger partial charge on any atom is 0.168 e. The van der Waals surface area contributed by atoms with Crippen LogP contribution < -0.4 is 0 Å². The second-order valence-electron chi connectivity index (χ2n) is 4.31. The highest BCUT2D eigenvalue weighted by Gasteiger charge is 2.12. The summed E-state index contributed by atoms with van der Waals surface area (Å²) in [5, 5.41) is 0. The third-order valence-electron chi connectivity index (χ3n) is 2.83. The van der Waals surface area contributed by atoms with Crippen molar-refractivity contribution in [2.75, 3.05) is 0 Å². The van der Waals surface area contributed by atoms with E-state index < -0.39 is 0 Å². The molecule has 19 heavy (non-hydrogen) atoms. The maximum absolute atomic E-state index is 12.3. The first-order chi connectivity index (χ1) is 8.97. The Morgan fingerprint density at radius 2 is 1.63 bits per heavy atom. The standard InChI is InChI=1S/C15H11Br3O/c1-9-6-14(18)12(8-13(9)17)15(19)7-10-2-4-11(16)5-3-10/h2-6,8H,7H2,1H3. The molecular formula is C15H11Br3O. The number of benzene rings is 2. The van der Waals surface area contributed by atoms with E-state index >= 15 is 0 Å². The van der Waals surface area contributed by atoms with Crippen molar-refractivity contribution in [1.29, 1.82) is 0 Å². The molecule has 0 radical (unpaired) electrons. The summed E-state index contributed by atoms with van der Waals surface area (Å²) < 4.78 is 2.81. The Bertz CT molecular complexity index is 618. The van der Waals surface area contributed by atoms with Crippen molar-refractivity contribution < 1.29 is 4.79 Å². The lowest BCUT2D eigenvalue weighted by Crippen LogP contribution is -2.05. The first kappa shape index (κ1) is 14.9. The van der Waals surface area contributed by atoms with Crippen LogP contribution in [0.4, 0.5) is 0 Å². The molecule has 0 aliphatic rings. The fourth-order valence-electron chi connectivity index (χ4n) is 1.74. The molecule has 0 amide bonds. The van der Waals surface area contributed by atoms with Crippen LogP contribution >= 0.6 is 47.8 Å². The predicted molar refractivity (Wildman–Crippen MR) is 88.8 cm³/mol. The Morgan fingerprint density at radius 1 is 1.00 bits per heavy atom. The molecule has 4 heteroatoms. The Balaban J connectivity index is 2.25. The molecule has 0 atom stereocenters. The van der Waals surface area contributed by atoms with Crippen molar-refractivity contribution in [2.45, 2.75) is 13.3 Å². The van der Waals surface area contributed by atoms with Crippen molar-refractivity contribution in [3.8, 4) is 0 Å². The number of rotatable bonds is 3. The molecule has 1 nitrogen and oxygen atoms in total. The second kappa shape index (κ2) is 6.33. The molecule has 0 aromatic heterocycles. The summed E-state index contributed by atoms with van der Waals surface area (Å²) in [5.41, 5.74) is 2.82. The minimum Gasteiger partial charge on any atom is -0.294 e. The van der Waals surface area contributed by atoms with Crippen LogP contribution in [0.2, 0.25) is 0 Å². The van der Waals surface area contributed by atoms with Gasteiger partial charge in [0.1, 0.15) is 0 Å². The normalized spacial score (nSPS) is 10.5. The summed E-state index contributed by atoms with van der Waals surface area (Å²) in [4.78, 5) is 12.3. The smallest absolute Gasteiger partial charge is 0.168 e. The number of hydrogen-bond donors (Lipinski definition) is 0. The number of aryl methyl sites for hydroxylation is 1. The molecule has 0 N–H and O–H groups in total. The van der Waals surface area contributed by atoms with Gasteiger partial charge in [0.05, 0.1) is 0 Å². The fraction of sp³-hybridized carbons (Fsp3) is 0.133. The van der Waals surface area contributed by atoms with Crippen LogP contribution in [0, 0.1) is 6.92 Å². The zero-order valence-electron chi connectivity index (χ0n) is 10.2. The van der Waals surface area contributed by atoms with Gasteiger partial charge >= 0.3 is 0 Å². The van der Waals surface area contributed by atoms with Gasteiger partial charge in [-0.25, -0.2) is 0 Å². The van der Waals surface area contributed by atoms with Gasteiger partial charge in [-0.3, -0.25) is 4.79 Å². The first-order valence-corrected chi connectivity index (χ1v) is 8.08. The topological polar surface area (TPSA) is 17.1 Å². The first-order valence-electron chi connectivity index (χ1n) is 5.70. The lowest BCUT2D eigenvalue weighted by Gasteiger charge is -2.07. The second-order valence-corrected chi connectivity index (χ2v) is 6.93. The number of ketones is 1. The van der Waals surface area contributed by atoms with Gasteiger partial charge in [0.25, 0.3) is 0 Å². The Labute approximate surface area is 137 Å². The molecule has 0 heterocycles. The molecule has 2 rings (SSSR count). The quantitative estimate of drug-likeness (QED) is 0.552. The maximum atomic E-state index is 12.3. The van der Waals surface area contributed by atoms with Crippen molar-refractivity contribution in [3.05, 3.63) is 66.5 Å². The molecule has 2 aromatic rings. The average Bonchev–Trinajstić information content (AvgIpc) is 2.36. The summed E-state index contributed by atoms with van der Waals surface area (Å²) in [6.07, 6.45) is 0.404. The summed E-state index contributed by atoms with van der Waals surface area (Å²) >= 11 is 10.3. The van der Waals surface area contributed by atoms with Gasteiger partial charge in [0.2, 0.25) is 0 Å². The summed E-state index contributed by atoms with van der Waals surface area (Å²) in [6.45, 7) is 2.00. The van der Waals surface area contributed by atoms with E-state index in [0.29, 0.717) is 12.0 Å². The number of hydrogen-bond acceptors (Lipinski definition) is 1. The molecule has 0 fully saturated rings. The van der Waals surface area contributed by atoms with E-state index in [2.05, 4.69) is 47.8 Å². The van der Waals surface area contributed by atoms with Crippen LogP contribution in [0.3, 0.4) is 0 Å². The highest BCUT2D eigenvalue weighted by Crippen LogP contribution is 2.26. The van der Waals surface area contributed by atoms with E-state index in [1.165, 1.54) is 0 Å². The van der Waals surface area contributed by atoms with Crippen LogP contribution in [-0.2, 0) is 6.42 Å². The molecule has 2 aromatic carbocycles. The predicted octanol–water partition coefficient (Wildman–Crippen LogP) is 5.71. The van der Waals surface area contributed by atoms with Crippen LogP contribution in [0.5, 0.6) is 0 Å². The third kappa shape index (κ3) is 3.77. The van der Waals surface area contributed by atoms with Gasteiger partial charge < -0.3 is 0 Å². The molecule has 0 saturated heterocycles. The zero-order valence-corrected chi connectivity index (χ0v) is 15.0. The van der Waals surface area contributed by atoms with Gasteiger partial charge in [-0.1, -0.05) is 59.9 Å². The minimum atomic E-state index is 0.106. The largest absolute Gasteiger partial charge is 0.294 e. The van der Waals surface area contributed by atoms with Crippen molar-refractivity contribution >= 4 is 53.6 Å². The molecule has 0 bridgehead atoms. The molecule has 0 aliphatic carbocycles. The van der Waals surface area contributed by atoms with Crippen LogP contribution in [0.25, 0.3) is 0 Å².